The zero-order valence-corrected chi connectivity index (χ0v) is 13.5. The molecule has 1 aromatic heterocycles. The average molecular weight is 333 g/mol. The van der Waals surface area contributed by atoms with E-state index in [0.29, 0.717) is 0 Å². The van der Waals surface area contributed by atoms with E-state index in [2.05, 4.69) is 71.1 Å². The van der Waals surface area contributed by atoms with E-state index in [1.54, 1.807) is 11.3 Å². The molecule has 0 aliphatic rings. The number of unbranched alkanes of at least 4 members (excludes halogenated alkanes) is 3. The standard InChI is InChI=1S/C17H17BrS/c1-2-3-4-5-6-7-16-12-13-17(19-16)14-8-10-15(18)11-9-14/h8-13H,2-5H2,1H3. The smallest absolute Gasteiger partial charge is 0.0775 e. The Kier molecular flexibility index (Phi) is 5.69. The lowest BCUT2D eigenvalue weighted by Crippen LogP contribution is -1.71. The number of hydrogen-bond donors (Lipinski definition) is 0. The number of thiophene rings is 1. The molecule has 0 aliphatic heterocycles. The van der Waals surface area contributed by atoms with Crippen LogP contribution in [0.4, 0.5) is 0 Å². The quantitative estimate of drug-likeness (QED) is 0.468. The van der Waals surface area contributed by atoms with Crippen molar-refractivity contribution in [3.05, 3.63) is 45.7 Å². The van der Waals surface area contributed by atoms with Gasteiger partial charge in [-0.3, -0.25) is 0 Å². The maximum atomic E-state index is 3.46. The zero-order valence-electron chi connectivity index (χ0n) is 11.1. The number of hydrogen-bond acceptors (Lipinski definition) is 1. The number of halogens is 1. The summed E-state index contributed by atoms with van der Waals surface area (Å²) in [5.74, 6) is 6.53. The van der Waals surface area contributed by atoms with Crippen molar-refractivity contribution in [2.45, 2.75) is 32.6 Å². The van der Waals surface area contributed by atoms with E-state index in [9.17, 15) is 0 Å². The molecule has 0 amide bonds. The highest BCUT2D eigenvalue weighted by atomic mass is 79.9. The molecule has 0 unspecified atom stereocenters. The molecule has 0 fully saturated rings. The maximum Gasteiger partial charge on any atom is 0.0775 e. The lowest BCUT2D eigenvalue weighted by atomic mass is 10.2. The first kappa shape index (κ1) is 14.4. The van der Waals surface area contributed by atoms with Gasteiger partial charge in [-0.15, -0.1) is 11.3 Å². The summed E-state index contributed by atoms with van der Waals surface area (Å²) >= 11 is 5.23. The van der Waals surface area contributed by atoms with E-state index in [1.807, 2.05) is 0 Å². The molecule has 0 saturated carbocycles. The Hall–Kier alpha value is -1.04. The molecular formula is C17H17BrS. The van der Waals surface area contributed by atoms with Gasteiger partial charge in [0, 0.05) is 15.8 Å². The molecule has 0 atom stereocenters. The Bertz CT molecular complexity index is 569. The molecular weight excluding hydrogens is 316 g/mol. The van der Waals surface area contributed by atoms with Crippen LogP contribution in [0.1, 0.15) is 37.5 Å². The Morgan fingerprint density at radius 3 is 2.58 bits per heavy atom. The predicted molar refractivity (Wildman–Crippen MR) is 88.5 cm³/mol. The monoisotopic (exact) mass is 332 g/mol. The highest BCUT2D eigenvalue weighted by Crippen LogP contribution is 2.28. The summed E-state index contributed by atoms with van der Waals surface area (Å²) in [6, 6.07) is 12.7. The first-order valence-corrected chi connectivity index (χ1v) is 8.25. The topological polar surface area (TPSA) is 0 Å². The van der Waals surface area contributed by atoms with Gasteiger partial charge in [0.05, 0.1) is 4.88 Å². The largest absolute Gasteiger partial charge is 0.127 e. The summed E-state index contributed by atoms with van der Waals surface area (Å²) in [7, 11) is 0. The van der Waals surface area contributed by atoms with E-state index < -0.39 is 0 Å². The molecule has 2 aromatic rings. The molecule has 0 saturated heterocycles. The van der Waals surface area contributed by atoms with Crippen LogP contribution < -0.4 is 0 Å². The molecule has 1 heterocycles. The van der Waals surface area contributed by atoms with Gasteiger partial charge in [-0.25, -0.2) is 0 Å². The lowest BCUT2D eigenvalue weighted by molar-refractivity contribution is 0.737. The van der Waals surface area contributed by atoms with Crippen LogP contribution in [0.3, 0.4) is 0 Å². The zero-order chi connectivity index (χ0) is 13.5. The van der Waals surface area contributed by atoms with Crippen LogP contribution in [-0.4, -0.2) is 0 Å². The van der Waals surface area contributed by atoms with Gasteiger partial charge < -0.3 is 0 Å². The third-order valence-corrected chi connectivity index (χ3v) is 4.43. The van der Waals surface area contributed by atoms with Crippen LogP contribution in [0.15, 0.2) is 40.9 Å². The molecule has 0 spiro atoms. The van der Waals surface area contributed by atoms with Gasteiger partial charge in [-0.1, -0.05) is 59.7 Å². The van der Waals surface area contributed by atoms with Crippen molar-refractivity contribution in [3.8, 4) is 22.3 Å². The van der Waals surface area contributed by atoms with Gasteiger partial charge >= 0.3 is 0 Å². The SMILES string of the molecule is CCCCCC#Cc1ccc(-c2ccc(Br)cc2)s1. The van der Waals surface area contributed by atoms with Crippen LogP contribution in [-0.2, 0) is 0 Å². The van der Waals surface area contributed by atoms with E-state index in [0.717, 1.165) is 15.8 Å². The molecule has 0 N–H and O–H groups in total. The molecule has 0 aliphatic carbocycles. The summed E-state index contributed by atoms with van der Waals surface area (Å²) in [5, 5.41) is 0. The third-order valence-electron chi connectivity index (χ3n) is 2.85. The van der Waals surface area contributed by atoms with Crippen molar-refractivity contribution in [1.82, 2.24) is 0 Å². The normalized spacial score (nSPS) is 10.0. The molecule has 0 bridgehead atoms. The number of rotatable bonds is 4. The summed E-state index contributed by atoms with van der Waals surface area (Å²) in [6.07, 6.45) is 4.77. The van der Waals surface area contributed by atoms with Crippen LogP contribution in [0.5, 0.6) is 0 Å². The molecule has 0 nitrogen and oxygen atoms in total. The fraction of sp³-hybridized carbons (Fsp3) is 0.294. The van der Waals surface area contributed by atoms with Crippen LogP contribution in [0.2, 0.25) is 0 Å². The van der Waals surface area contributed by atoms with Crippen molar-refractivity contribution in [2.24, 2.45) is 0 Å². The number of benzene rings is 1. The van der Waals surface area contributed by atoms with E-state index >= 15 is 0 Å². The van der Waals surface area contributed by atoms with Gasteiger partial charge in [0.1, 0.15) is 0 Å². The molecule has 1 aromatic carbocycles. The van der Waals surface area contributed by atoms with Gasteiger partial charge in [-0.05, 0) is 36.2 Å². The van der Waals surface area contributed by atoms with E-state index in [-0.39, 0.29) is 0 Å². The lowest BCUT2D eigenvalue weighted by Gasteiger charge is -1.96. The second kappa shape index (κ2) is 7.53. The van der Waals surface area contributed by atoms with Crippen molar-refractivity contribution < 1.29 is 0 Å². The van der Waals surface area contributed by atoms with Gasteiger partial charge in [0.2, 0.25) is 0 Å². The van der Waals surface area contributed by atoms with Crippen LogP contribution in [0.25, 0.3) is 10.4 Å². The van der Waals surface area contributed by atoms with Gasteiger partial charge in [0.25, 0.3) is 0 Å². The van der Waals surface area contributed by atoms with E-state index in [4.69, 9.17) is 0 Å². The minimum absolute atomic E-state index is 1.01. The summed E-state index contributed by atoms with van der Waals surface area (Å²) in [5.41, 5.74) is 1.26. The van der Waals surface area contributed by atoms with Gasteiger partial charge in [0.15, 0.2) is 0 Å². The first-order valence-electron chi connectivity index (χ1n) is 6.64. The Labute approximate surface area is 128 Å². The van der Waals surface area contributed by atoms with Crippen LogP contribution >= 0.6 is 27.3 Å². The summed E-state index contributed by atoms with van der Waals surface area (Å²) in [6.45, 7) is 2.22. The third kappa shape index (κ3) is 4.53. The predicted octanol–water partition coefficient (Wildman–Crippen LogP) is 6.11. The minimum atomic E-state index is 1.01. The Morgan fingerprint density at radius 2 is 1.84 bits per heavy atom. The maximum absolute atomic E-state index is 3.46. The molecule has 19 heavy (non-hydrogen) atoms. The molecule has 2 heteroatoms. The highest BCUT2D eigenvalue weighted by Gasteiger charge is 2.00. The van der Waals surface area contributed by atoms with Gasteiger partial charge in [-0.2, -0.15) is 0 Å². The summed E-state index contributed by atoms with van der Waals surface area (Å²) in [4.78, 5) is 2.44. The van der Waals surface area contributed by atoms with Crippen LogP contribution in [0, 0.1) is 11.8 Å². The average Bonchev–Trinajstić information content (AvgIpc) is 2.88. The first-order chi connectivity index (χ1) is 9.29. The second-order valence-electron chi connectivity index (χ2n) is 4.43. The minimum Gasteiger partial charge on any atom is -0.127 e. The summed E-state index contributed by atoms with van der Waals surface area (Å²) < 4.78 is 1.11. The molecule has 98 valence electrons. The second-order valence-corrected chi connectivity index (χ2v) is 6.43. The Balaban J connectivity index is 2.00. The fourth-order valence-electron chi connectivity index (χ4n) is 1.79. The molecule has 2 rings (SSSR count). The molecule has 0 radical (unpaired) electrons. The van der Waals surface area contributed by atoms with Crippen molar-refractivity contribution in [2.75, 3.05) is 0 Å². The fourth-order valence-corrected chi connectivity index (χ4v) is 2.94. The van der Waals surface area contributed by atoms with Crippen molar-refractivity contribution in [1.29, 1.82) is 0 Å². The highest BCUT2D eigenvalue weighted by molar-refractivity contribution is 9.10. The van der Waals surface area contributed by atoms with E-state index in [1.165, 1.54) is 29.7 Å². The van der Waals surface area contributed by atoms with Crippen molar-refractivity contribution >= 4 is 27.3 Å². The Morgan fingerprint density at radius 1 is 1.05 bits per heavy atom. The van der Waals surface area contributed by atoms with Crippen molar-refractivity contribution in [3.63, 3.8) is 0 Å².